The molecule has 1 rings (SSSR count). The topological polar surface area (TPSA) is 35.2 Å². The molecule has 0 spiro atoms. The molecule has 0 radical (unpaired) electrons. The number of hydrogen-bond donors (Lipinski definition) is 1. The maximum atomic E-state index is 13.3. The first-order valence-corrected chi connectivity index (χ1v) is 4.28. The molecule has 2 nitrogen and oxygen atoms in total. The second-order valence-corrected chi connectivity index (χ2v) is 2.90. The van der Waals surface area contributed by atoms with E-state index in [4.69, 9.17) is 10.5 Å². The summed E-state index contributed by atoms with van der Waals surface area (Å²) in [6.07, 6.45) is 0.725. The number of benzene rings is 1. The van der Waals surface area contributed by atoms with E-state index < -0.39 is 0 Å². The van der Waals surface area contributed by atoms with Crippen LogP contribution < -0.4 is 10.5 Å². The van der Waals surface area contributed by atoms with Gasteiger partial charge in [-0.2, -0.15) is 0 Å². The number of halogens is 1. The van der Waals surface area contributed by atoms with Crippen LogP contribution in [0.1, 0.15) is 24.9 Å². The third kappa shape index (κ3) is 2.18. The molecule has 0 saturated heterocycles. The lowest BCUT2D eigenvalue weighted by Gasteiger charge is -2.10. The molecule has 13 heavy (non-hydrogen) atoms. The quantitative estimate of drug-likeness (QED) is 0.780. The van der Waals surface area contributed by atoms with Gasteiger partial charge >= 0.3 is 0 Å². The van der Waals surface area contributed by atoms with E-state index in [-0.39, 0.29) is 11.9 Å². The summed E-state index contributed by atoms with van der Waals surface area (Å²) >= 11 is 0. The van der Waals surface area contributed by atoms with Crippen molar-refractivity contribution in [2.45, 2.75) is 19.4 Å². The standard InChI is InChI=1S/C10H14FNO/c1-3-10(12)8-5-4-7(13-2)6-9(8)11/h4-6,10H,3,12H2,1-2H3/t10-/m0/s1. The van der Waals surface area contributed by atoms with E-state index in [0.29, 0.717) is 11.3 Å². The van der Waals surface area contributed by atoms with Gasteiger partial charge in [0.25, 0.3) is 0 Å². The van der Waals surface area contributed by atoms with Crippen LogP contribution in [0.5, 0.6) is 5.75 Å². The summed E-state index contributed by atoms with van der Waals surface area (Å²) in [4.78, 5) is 0. The maximum Gasteiger partial charge on any atom is 0.131 e. The molecule has 1 aromatic rings. The number of hydrogen-bond acceptors (Lipinski definition) is 2. The van der Waals surface area contributed by atoms with Crippen molar-refractivity contribution in [3.8, 4) is 5.75 Å². The average molecular weight is 183 g/mol. The third-order valence-corrected chi connectivity index (χ3v) is 2.05. The Morgan fingerprint density at radius 2 is 2.23 bits per heavy atom. The first-order valence-electron chi connectivity index (χ1n) is 4.28. The molecule has 2 N–H and O–H groups in total. The molecule has 0 aliphatic heterocycles. The Kier molecular flexibility index (Phi) is 3.25. The molecule has 0 amide bonds. The highest BCUT2D eigenvalue weighted by molar-refractivity contribution is 5.30. The number of nitrogens with two attached hydrogens (primary N) is 1. The van der Waals surface area contributed by atoms with Crippen LogP contribution >= 0.6 is 0 Å². The van der Waals surface area contributed by atoms with E-state index in [1.807, 2.05) is 6.92 Å². The third-order valence-electron chi connectivity index (χ3n) is 2.05. The zero-order valence-corrected chi connectivity index (χ0v) is 7.88. The number of ether oxygens (including phenoxy) is 1. The Bertz CT molecular complexity index is 288. The van der Waals surface area contributed by atoms with Crippen molar-refractivity contribution in [1.29, 1.82) is 0 Å². The Balaban J connectivity index is 2.98. The van der Waals surface area contributed by atoms with Gasteiger partial charge in [-0.1, -0.05) is 13.0 Å². The Morgan fingerprint density at radius 1 is 1.54 bits per heavy atom. The van der Waals surface area contributed by atoms with Gasteiger partial charge in [-0.05, 0) is 12.5 Å². The van der Waals surface area contributed by atoms with Crippen molar-refractivity contribution in [2.24, 2.45) is 5.73 Å². The van der Waals surface area contributed by atoms with Crippen LogP contribution in [0.3, 0.4) is 0 Å². The Morgan fingerprint density at radius 3 is 2.69 bits per heavy atom. The summed E-state index contributed by atoms with van der Waals surface area (Å²) < 4.78 is 18.2. The highest BCUT2D eigenvalue weighted by Gasteiger charge is 2.09. The largest absolute Gasteiger partial charge is 0.497 e. The zero-order chi connectivity index (χ0) is 9.84. The highest BCUT2D eigenvalue weighted by Crippen LogP contribution is 2.21. The maximum absolute atomic E-state index is 13.3. The molecule has 72 valence electrons. The van der Waals surface area contributed by atoms with Gasteiger partial charge in [0.2, 0.25) is 0 Å². The summed E-state index contributed by atoms with van der Waals surface area (Å²) in [5.41, 5.74) is 6.25. The minimum absolute atomic E-state index is 0.231. The lowest BCUT2D eigenvalue weighted by Crippen LogP contribution is -2.10. The first-order chi connectivity index (χ1) is 6.19. The summed E-state index contributed by atoms with van der Waals surface area (Å²) in [5.74, 6) is 0.221. The fourth-order valence-electron chi connectivity index (χ4n) is 1.16. The smallest absolute Gasteiger partial charge is 0.131 e. The number of methoxy groups -OCH3 is 1. The van der Waals surface area contributed by atoms with E-state index >= 15 is 0 Å². The molecule has 3 heteroatoms. The summed E-state index contributed by atoms with van der Waals surface area (Å²) in [6.45, 7) is 1.92. The second kappa shape index (κ2) is 4.23. The molecule has 0 fully saturated rings. The molecule has 1 aromatic carbocycles. The van der Waals surface area contributed by atoms with Gasteiger partial charge in [0.15, 0.2) is 0 Å². The fraction of sp³-hybridized carbons (Fsp3) is 0.400. The van der Waals surface area contributed by atoms with E-state index in [1.54, 1.807) is 12.1 Å². The Labute approximate surface area is 77.5 Å². The monoisotopic (exact) mass is 183 g/mol. The molecular formula is C10H14FNO. The Hall–Kier alpha value is -1.09. The van der Waals surface area contributed by atoms with Crippen molar-refractivity contribution in [3.05, 3.63) is 29.6 Å². The minimum Gasteiger partial charge on any atom is -0.497 e. The van der Waals surface area contributed by atoms with Crippen molar-refractivity contribution >= 4 is 0 Å². The van der Waals surface area contributed by atoms with Gasteiger partial charge in [-0.3, -0.25) is 0 Å². The molecular weight excluding hydrogens is 169 g/mol. The van der Waals surface area contributed by atoms with E-state index in [1.165, 1.54) is 13.2 Å². The van der Waals surface area contributed by atoms with Crippen LogP contribution in [-0.4, -0.2) is 7.11 Å². The van der Waals surface area contributed by atoms with Crippen molar-refractivity contribution < 1.29 is 9.13 Å². The normalized spacial score (nSPS) is 12.6. The molecule has 0 aliphatic carbocycles. The van der Waals surface area contributed by atoms with E-state index in [9.17, 15) is 4.39 Å². The van der Waals surface area contributed by atoms with Crippen molar-refractivity contribution in [2.75, 3.05) is 7.11 Å². The molecule has 0 aliphatic rings. The van der Waals surface area contributed by atoms with Gasteiger partial charge < -0.3 is 10.5 Å². The van der Waals surface area contributed by atoms with Gasteiger partial charge in [0.05, 0.1) is 7.11 Å². The van der Waals surface area contributed by atoms with Gasteiger partial charge in [-0.15, -0.1) is 0 Å². The predicted molar refractivity (Wildman–Crippen MR) is 50.2 cm³/mol. The summed E-state index contributed by atoms with van der Waals surface area (Å²) in [7, 11) is 1.51. The van der Waals surface area contributed by atoms with Crippen LogP contribution in [0, 0.1) is 5.82 Å². The minimum atomic E-state index is -0.297. The summed E-state index contributed by atoms with van der Waals surface area (Å²) in [6, 6.07) is 4.51. The SMILES string of the molecule is CC[C@H](N)c1ccc(OC)cc1F. The molecule has 0 bridgehead atoms. The summed E-state index contributed by atoms with van der Waals surface area (Å²) in [5, 5.41) is 0. The van der Waals surface area contributed by atoms with E-state index in [2.05, 4.69) is 0 Å². The molecule has 1 atom stereocenters. The molecule has 0 unspecified atom stereocenters. The van der Waals surface area contributed by atoms with E-state index in [0.717, 1.165) is 6.42 Å². The van der Waals surface area contributed by atoms with Crippen LogP contribution in [0.25, 0.3) is 0 Å². The van der Waals surface area contributed by atoms with Gasteiger partial charge in [-0.25, -0.2) is 4.39 Å². The zero-order valence-electron chi connectivity index (χ0n) is 7.88. The lowest BCUT2D eigenvalue weighted by atomic mass is 10.0. The van der Waals surface area contributed by atoms with Crippen molar-refractivity contribution in [1.82, 2.24) is 0 Å². The fourth-order valence-corrected chi connectivity index (χ4v) is 1.16. The van der Waals surface area contributed by atoms with Crippen LogP contribution in [-0.2, 0) is 0 Å². The van der Waals surface area contributed by atoms with Gasteiger partial charge in [0.1, 0.15) is 11.6 Å². The van der Waals surface area contributed by atoms with Gasteiger partial charge in [0, 0.05) is 17.7 Å². The number of rotatable bonds is 3. The first kappa shape index (κ1) is 9.99. The second-order valence-electron chi connectivity index (χ2n) is 2.90. The van der Waals surface area contributed by atoms with Crippen LogP contribution in [0.4, 0.5) is 4.39 Å². The molecule has 0 heterocycles. The lowest BCUT2D eigenvalue weighted by molar-refractivity contribution is 0.410. The molecule has 0 aromatic heterocycles. The molecule has 0 saturated carbocycles. The van der Waals surface area contributed by atoms with Crippen molar-refractivity contribution in [3.63, 3.8) is 0 Å². The highest BCUT2D eigenvalue weighted by atomic mass is 19.1. The van der Waals surface area contributed by atoms with Crippen LogP contribution in [0.2, 0.25) is 0 Å². The predicted octanol–water partition coefficient (Wildman–Crippen LogP) is 2.24. The van der Waals surface area contributed by atoms with Crippen LogP contribution in [0.15, 0.2) is 18.2 Å². The average Bonchev–Trinajstić information content (AvgIpc) is 2.16.